The zero-order chi connectivity index (χ0) is 19.7. The molecular weight excluding hydrogens is 360 g/mol. The summed E-state index contributed by atoms with van der Waals surface area (Å²) in [5.74, 6) is -0.747. The van der Waals surface area contributed by atoms with Crippen LogP contribution in [0.15, 0.2) is 46.9 Å². The first-order chi connectivity index (χ1) is 13.5. The molecule has 2 aromatic carbocycles. The first kappa shape index (κ1) is 17.9. The number of hydrogen-bond acceptors (Lipinski definition) is 6. The van der Waals surface area contributed by atoms with E-state index in [1.54, 1.807) is 24.3 Å². The third-order valence-electron chi connectivity index (χ3n) is 4.58. The van der Waals surface area contributed by atoms with Crippen LogP contribution in [0.5, 0.6) is 0 Å². The summed E-state index contributed by atoms with van der Waals surface area (Å²) < 4.78 is 10.7. The molecule has 0 atom stereocenters. The Hall–Kier alpha value is -3.48. The SMILES string of the molecule is Cc1ccc2c(c1)C(=O)N(CCCC(=O)OCc1nc3ccccc3o1)C2=O. The van der Waals surface area contributed by atoms with Crippen LogP contribution < -0.4 is 0 Å². The molecule has 28 heavy (non-hydrogen) atoms. The van der Waals surface area contributed by atoms with Gasteiger partial charge in [-0.2, -0.15) is 0 Å². The molecule has 3 aromatic rings. The standard InChI is InChI=1S/C21H18N2O5/c1-13-8-9-14-15(11-13)21(26)23(20(14)25)10-4-7-19(24)27-12-18-22-16-5-2-3-6-17(16)28-18/h2-3,5-6,8-9,11H,4,7,10,12H2,1H3. The Morgan fingerprint density at radius 1 is 1.11 bits per heavy atom. The van der Waals surface area contributed by atoms with E-state index in [1.165, 1.54) is 4.90 Å². The van der Waals surface area contributed by atoms with Gasteiger partial charge >= 0.3 is 5.97 Å². The monoisotopic (exact) mass is 378 g/mol. The summed E-state index contributed by atoms with van der Waals surface area (Å²) in [7, 11) is 0. The number of ether oxygens (including phenoxy) is 1. The molecule has 2 amide bonds. The minimum atomic E-state index is -0.435. The van der Waals surface area contributed by atoms with Gasteiger partial charge in [0.15, 0.2) is 12.2 Å². The van der Waals surface area contributed by atoms with E-state index in [9.17, 15) is 14.4 Å². The summed E-state index contributed by atoms with van der Waals surface area (Å²) >= 11 is 0. The van der Waals surface area contributed by atoms with Crippen molar-refractivity contribution in [3.8, 4) is 0 Å². The number of imide groups is 1. The summed E-state index contributed by atoms with van der Waals surface area (Å²) in [6.07, 6.45) is 0.420. The highest BCUT2D eigenvalue weighted by Gasteiger charge is 2.35. The fraction of sp³-hybridized carbons (Fsp3) is 0.238. The first-order valence-corrected chi connectivity index (χ1v) is 9.00. The number of amides is 2. The molecule has 7 heteroatoms. The van der Waals surface area contributed by atoms with E-state index in [4.69, 9.17) is 9.15 Å². The maximum atomic E-state index is 12.4. The molecule has 1 aliphatic rings. The molecule has 2 heterocycles. The van der Waals surface area contributed by atoms with E-state index >= 15 is 0 Å². The van der Waals surface area contributed by atoms with Crippen LogP contribution in [-0.4, -0.2) is 34.2 Å². The number of para-hydroxylation sites is 2. The van der Waals surface area contributed by atoms with E-state index in [-0.39, 0.29) is 31.4 Å². The fourth-order valence-corrected chi connectivity index (χ4v) is 3.19. The molecule has 0 saturated carbocycles. The number of rotatable bonds is 6. The highest BCUT2D eigenvalue weighted by molar-refractivity contribution is 6.21. The number of esters is 1. The number of fused-ring (bicyclic) bond motifs is 2. The van der Waals surface area contributed by atoms with Gasteiger partial charge in [0, 0.05) is 13.0 Å². The third-order valence-corrected chi connectivity index (χ3v) is 4.58. The zero-order valence-corrected chi connectivity index (χ0v) is 15.3. The van der Waals surface area contributed by atoms with Crippen molar-refractivity contribution in [2.45, 2.75) is 26.4 Å². The Bertz CT molecular complexity index is 1050. The zero-order valence-electron chi connectivity index (χ0n) is 15.3. The van der Waals surface area contributed by atoms with E-state index in [1.807, 2.05) is 25.1 Å². The molecule has 0 bridgehead atoms. The summed E-state index contributed by atoms with van der Waals surface area (Å²) in [4.78, 5) is 42.1. The van der Waals surface area contributed by atoms with Gasteiger partial charge in [-0.3, -0.25) is 19.3 Å². The van der Waals surface area contributed by atoms with Gasteiger partial charge in [0.05, 0.1) is 11.1 Å². The van der Waals surface area contributed by atoms with Crippen LogP contribution in [0.4, 0.5) is 0 Å². The molecule has 0 saturated heterocycles. The highest BCUT2D eigenvalue weighted by Crippen LogP contribution is 2.24. The lowest BCUT2D eigenvalue weighted by Gasteiger charge is -2.13. The molecule has 1 aliphatic heterocycles. The van der Waals surface area contributed by atoms with Gasteiger partial charge in [-0.25, -0.2) is 4.98 Å². The number of hydrogen-bond donors (Lipinski definition) is 0. The Balaban J connectivity index is 1.27. The molecule has 0 fully saturated rings. The van der Waals surface area contributed by atoms with E-state index in [0.29, 0.717) is 34.5 Å². The molecule has 142 valence electrons. The van der Waals surface area contributed by atoms with Crippen molar-refractivity contribution < 1.29 is 23.5 Å². The van der Waals surface area contributed by atoms with Gasteiger partial charge in [-0.05, 0) is 37.6 Å². The normalized spacial score (nSPS) is 13.2. The average molecular weight is 378 g/mol. The van der Waals surface area contributed by atoms with Crippen LogP contribution in [0.1, 0.15) is 45.0 Å². The fourth-order valence-electron chi connectivity index (χ4n) is 3.19. The van der Waals surface area contributed by atoms with Crippen molar-refractivity contribution in [2.75, 3.05) is 6.54 Å². The van der Waals surface area contributed by atoms with E-state index < -0.39 is 5.97 Å². The minimum Gasteiger partial charge on any atom is -0.456 e. The number of nitrogens with zero attached hydrogens (tertiary/aromatic N) is 2. The van der Waals surface area contributed by atoms with Crippen LogP contribution in [0, 0.1) is 6.92 Å². The molecule has 0 spiro atoms. The number of aromatic nitrogens is 1. The number of carbonyl (C=O) groups is 3. The van der Waals surface area contributed by atoms with Crippen molar-refractivity contribution in [2.24, 2.45) is 0 Å². The molecule has 4 rings (SSSR count). The Morgan fingerprint density at radius 2 is 1.89 bits per heavy atom. The van der Waals surface area contributed by atoms with Gasteiger partial charge in [0.1, 0.15) is 5.52 Å². The summed E-state index contributed by atoms with van der Waals surface area (Å²) in [5, 5.41) is 0. The Morgan fingerprint density at radius 3 is 2.71 bits per heavy atom. The van der Waals surface area contributed by atoms with Crippen molar-refractivity contribution in [1.82, 2.24) is 9.88 Å². The maximum Gasteiger partial charge on any atom is 0.306 e. The van der Waals surface area contributed by atoms with Crippen molar-refractivity contribution in [3.05, 3.63) is 65.0 Å². The topological polar surface area (TPSA) is 89.7 Å². The molecular formula is C21H18N2O5. The van der Waals surface area contributed by atoms with Crippen LogP contribution >= 0.6 is 0 Å². The number of carbonyl (C=O) groups excluding carboxylic acids is 3. The lowest BCUT2D eigenvalue weighted by Crippen LogP contribution is -2.31. The largest absolute Gasteiger partial charge is 0.456 e. The second kappa shape index (κ2) is 7.26. The lowest BCUT2D eigenvalue weighted by atomic mass is 10.1. The van der Waals surface area contributed by atoms with Crippen molar-refractivity contribution >= 4 is 28.9 Å². The number of oxazole rings is 1. The Labute approximate surface area is 160 Å². The van der Waals surface area contributed by atoms with Crippen LogP contribution in [0.3, 0.4) is 0 Å². The lowest BCUT2D eigenvalue weighted by molar-refractivity contribution is -0.145. The molecule has 7 nitrogen and oxygen atoms in total. The number of aryl methyl sites for hydroxylation is 1. The second-order valence-electron chi connectivity index (χ2n) is 6.65. The quantitative estimate of drug-likeness (QED) is 0.483. The molecule has 0 unspecified atom stereocenters. The van der Waals surface area contributed by atoms with E-state index in [0.717, 1.165) is 5.56 Å². The van der Waals surface area contributed by atoms with Gasteiger partial charge in [-0.1, -0.05) is 23.8 Å². The molecule has 1 aromatic heterocycles. The average Bonchev–Trinajstić information content (AvgIpc) is 3.20. The van der Waals surface area contributed by atoms with Gasteiger partial charge < -0.3 is 9.15 Å². The van der Waals surface area contributed by atoms with E-state index in [2.05, 4.69) is 4.98 Å². The molecule has 0 aliphatic carbocycles. The molecule has 0 N–H and O–H groups in total. The third kappa shape index (κ3) is 3.38. The maximum absolute atomic E-state index is 12.4. The highest BCUT2D eigenvalue weighted by atomic mass is 16.5. The van der Waals surface area contributed by atoms with Gasteiger partial charge in [0.25, 0.3) is 11.8 Å². The minimum absolute atomic E-state index is 0.0557. The predicted octanol–water partition coefficient (Wildman–Crippen LogP) is 3.26. The summed E-state index contributed by atoms with van der Waals surface area (Å²) in [6.45, 7) is 1.98. The van der Waals surface area contributed by atoms with Gasteiger partial charge in [-0.15, -0.1) is 0 Å². The van der Waals surface area contributed by atoms with Crippen molar-refractivity contribution in [1.29, 1.82) is 0 Å². The van der Waals surface area contributed by atoms with Crippen LogP contribution in [0.2, 0.25) is 0 Å². The summed E-state index contributed by atoms with van der Waals surface area (Å²) in [5.41, 5.74) is 3.09. The Kier molecular flexibility index (Phi) is 4.65. The molecule has 0 radical (unpaired) electrons. The second-order valence-corrected chi connectivity index (χ2v) is 6.65. The first-order valence-electron chi connectivity index (χ1n) is 9.00. The van der Waals surface area contributed by atoms with Crippen LogP contribution in [0.25, 0.3) is 11.1 Å². The van der Waals surface area contributed by atoms with Crippen molar-refractivity contribution in [3.63, 3.8) is 0 Å². The van der Waals surface area contributed by atoms with Crippen LogP contribution in [-0.2, 0) is 16.1 Å². The van der Waals surface area contributed by atoms with Gasteiger partial charge in [0.2, 0.25) is 5.89 Å². The predicted molar refractivity (Wildman–Crippen MR) is 99.6 cm³/mol. The number of benzene rings is 2. The summed E-state index contributed by atoms with van der Waals surface area (Å²) in [6, 6.07) is 12.5. The smallest absolute Gasteiger partial charge is 0.306 e.